The maximum atomic E-state index is 5.88. The highest BCUT2D eigenvalue weighted by Crippen LogP contribution is 2.23. The molecular formula is C17H19BrN2O. The molecule has 0 aliphatic heterocycles. The zero-order valence-electron chi connectivity index (χ0n) is 12.1. The molecule has 1 fully saturated rings. The van der Waals surface area contributed by atoms with Gasteiger partial charge in [0.1, 0.15) is 12.4 Å². The van der Waals surface area contributed by atoms with Crippen molar-refractivity contribution in [3.8, 4) is 5.75 Å². The first-order valence-corrected chi connectivity index (χ1v) is 8.07. The van der Waals surface area contributed by atoms with E-state index in [1.807, 2.05) is 37.3 Å². The number of hydrogen-bond donors (Lipinski definition) is 1. The van der Waals surface area contributed by atoms with Crippen LogP contribution in [-0.4, -0.2) is 11.0 Å². The first-order valence-electron chi connectivity index (χ1n) is 7.28. The molecule has 0 saturated heterocycles. The lowest BCUT2D eigenvalue weighted by Crippen LogP contribution is -2.16. The van der Waals surface area contributed by atoms with Crippen molar-refractivity contribution < 1.29 is 4.74 Å². The van der Waals surface area contributed by atoms with Crippen LogP contribution in [0.3, 0.4) is 0 Å². The largest absolute Gasteiger partial charge is 0.487 e. The van der Waals surface area contributed by atoms with Gasteiger partial charge in [-0.3, -0.25) is 4.98 Å². The molecule has 1 aromatic heterocycles. The average Bonchev–Trinajstić information content (AvgIpc) is 3.31. The minimum Gasteiger partial charge on any atom is -0.487 e. The van der Waals surface area contributed by atoms with Crippen LogP contribution >= 0.6 is 15.9 Å². The summed E-state index contributed by atoms with van der Waals surface area (Å²) in [4.78, 5) is 4.64. The molecule has 1 aliphatic rings. The van der Waals surface area contributed by atoms with E-state index in [4.69, 9.17) is 4.74 Å². The van der Waals surface area contributed by atoms with E-state index in [0.29, 0.717) is 12.6 Å². The number of aromatic nitrogens is 1. The fourth-order valence-corrected chi connectivity index (χ4v) is 2.47. The van der Waals surface area contributed by atoms with E-state index in [-0.39, 0.29) is 0 Å². The molecule has 0 bridgehead atoms. The number of halogens is 1. The molecule has 0 amide bonds. The number of nitrogens with one attached hydrogen (secondary N) is 1. The topological polar surface area (TPSA) is 34.1 Å². The fraction of sp³-hybridized carbons (Fsp3) is 0.353. The van der Waals surface area contributed by atoms with E-state index in [9.17, 15) is 0 Å². The maximum absolute atomic E-state index is 5.88. The van der Waals surface area contributed by atoms with Crippen LogP contribution in [0, 0.1) is 6.92 Å². The van der Waals surface area contributed by atoms with Crippen molar-refractivity contribution >= 4 is 15.9 Å². The third kappa shape index (κ3) is 4.29. The van der Waals surface area contributed by atoms with Crippen molar-refractivity contribution in [1.29, 1.82) is 0 Å². The normalized spacial score (nSPS) is 14.2. The molecule has 0 atom stereocenters. The second kappa shape index (κ2) is 6.58. The number of benzene rings is 1. The Kier molecular flexibility index (Phi) is 4.56. The summed E-state index contributed by atoms with van der Waals surface area (Å²) in [6.45, 7) is 3.38. The minimum absolute atomic E-state index is 0.495. The molecule has 1 saturated carbocycles. The van der Waals surface area contributed by atoms with E-state index < -0.39 is 0 Å². The first kappa shape index (κ1) is 14.5. The predicted octanol–water partition coefficient (Wildman–Crippen LogP) is 3.98. The van der Waals surface area contributed by atoms with Crippen molar-refractivity contribution in [2.24, 2.45) is 0 Å². The molecule has 110 valence electrons. The summed E-state index contributed by atoms with van der Waals surface area (Å²) >= 11 is 3.47. The summed E-state index contributed by atoms with van der Waals surface area (Å²) in [7, 11) is 0. The standard InChI is InChI=1S/C17H19BrN2O/c1-12-5-6-13(18)9-17(12)21-11-16-4-2-3-15(20-16)10-19-14-7-8-14/h2-6,9,14,19H,7-8,10-11H2,1H3. The van der Waals surface area contributed by atoms with Gasteiger partial charge >= 0.3 is 0 Å². The fourth-order valence-electron chi connectivity index (χ4n) is 2.13. The lowest BCUT2D eigenvalue weighted by atomic mass is 10.2. The maximum Gasteiger partial charge on any atom is 0.130 e. The van der Waals surface area contributed by atoms with Gasteiger partial charge in [-0.05, 0) is 49.6 Å². The Hall–Kier alpha value is -1.39. The van der Waals surface area contributed by atoms with Crippen LogP contribution in [0.2, 0.25) is 0 Å². The third-order valence-electron chi connectivity index (χ3n) is 3.54. The highest BCUT2D eigenvalue weighted by Gasteiger charge is 2.20. The number of aryl methyl sites for hydroxylation is 1. The molecule has 0 unspecified atom stereocenters. The van der Waals surface area contributed by atoms with Gasteiger partial charge in [-0.1, -0.05) is 28.1 Å². The van der Waals surface area contributed by atoms with E-state index in [0.717, 1.165) is 33.7 Å². The highest BCUT2D eigenvalue weighted by molar-refractivity contribution is 9.10. The van der Waals surface area contributed by atoms with Crippen molar-refractivity contribution in [3.05, 3.63) is 57.8 Å². The van der Waals surface area contributed by atoms with E-state index in [2.05, 4.69) is 32.3 Å². The Morgan fingerprint density at radius 3 is 2.86 bits per heavy atom. The monoisotopic (exact) mass is 346 g/mol. The second-order valence-electron chi connectivity index (χ2n) is 5.47. The molecule has 4 heteroatoms. The lowest BCUT2D eigenvalue weighted by Gasteiger charge is -2.10. The molecule has 21 heavy (non-hydrogen) atoms. The second-order valence-corrected chi connectivity index (χ2v) is 6.39. The van der Waals surface area contributed by atoms with Crippen LogP contribution in [0.1, 0.15) is 29.8 Å². The molecule has 1 heterocycles. The molecule has 3 rings (SSSR count). The zero-order valence-corrected chi connectivity index (χ0v) is 13.7. The summed E-state index contributed by atoms with van der Waals surface area (Å²) < 4.78 is 6.91. The van der Waals surface area contributed by atoms with Crippen LogP contribution in [-0.2, 0) is 13.2 Å². The molecule has 1 aromatic carbocycles. The average molecular weight is 347 g/mol. The molecular weight excluding hydrogens is 328 g/mol. The van der Waals surface area contributed by atoms with Gasteiger partial charge in [0, 0.05) is 17.1 Å². The number of pyridine rings is 1. The number of nitrogens with zero attached hydrogens (tertiary/aromatic N) is 1. The summed E-state index contributed by atoms with van der Waals surface area (Å²) in [6.07, 6.45) is 2.59. The molecule has 1 N–H and O–H groups in total. The van der Waals surface area contributed by atoms with Gasteiger partial charge in [-0.15, -0.1) is 0 Å². The van der Waals surface area contributed by atoms with E-state index in [1.54, 1.807) is 0 Å². The lowest BCUT2D eigenvalue weighted by molar-refractivity contribution is 0.298. The van der Waals surface area contributed by atoms with Crippen molar-refractivity contribution in [1.82, 2.24) is 10.3 Å². The van der Waals surface area contributed by atoms with Crippen LogP contribution in [0.25, 0.3) is 0 Å². The molecule has 0 spiro atoms. The highest BCUT2D eigenvalue weighted by atomic mass is 79.9. The molecule has 2 aromatic rings. The Morgan fingerprint density at radius 2 is 2.05 bits per heavy atom. The van der Waals surface area contributed by atoms with E-state index in [1.165, 1.54) is 12.8 Å². The molecule has 0 radical (unpaired) electrons. The number of hydrogen-bond acceptors (Lipinski definition) is 3. The third-order valence-corrected chi connectivity index (χ3v) is 4.03. The van der Waals surface area contributed by atoms with Gasteiger partial charge < -0.3 is 10.1 Å². The minimum atomic E-state index is 0.495. The zero-order chi connectivity index (χ0) is 14.7. The summed E-state index contributed by atoms with van der Waals surface area (Å²) in [6, 6.07) is 12.9. The summed E-state index contributed by atoms with van der Waals surface area (Å²) in [5.41, 5.74) is 3.17. The van der Waals surface area contributed by atoms with Crippen molar-refractivity contribution in [2.75, 3.05) is 0 Å². The molecule has 1 aliphatic carbocycles. The SMILES string of the molecule is Cc1ccc(Br)cc1OCc1cccc(CNC2CC2)n1. The van der Waals surface area contributed by atoms with Crippen LogP contribution < -0.4 is 10.1 Å². The Labute approximate surface area is 133 Å². The summed E-state index contributed by atoms with van der Waals surface area (Å²) in [5.74, 6) is 0.896. The van der Waals surface area contributed by atoms with Gasteiger partial charge in [0.15, 0.2) is 0 Å². The van der Waals surface area contributed by atoms with Gasteiger partial charge in [-0.2, -0.15) is 0 Å². The summed E-state index contributed by atoms with van der Waals surface area (Å²) in [5, 5.41) is 3.48. The smallest absolute Gasteiger partial charge is 0.130 e. The first-order chi connectivity index (χ1) is 10.2. The van der Waals surface area contributed by atoms with Crippen molar-refractivity contribution in [3.63, 3.8) is 0 Å². The van der Waals surface area contributed by atoms with Crippen LogP contribution in [0.15, 0.2) is 40.9 Å². The van der Waals surface area contributed by atoms with E-state index >= 15 is 0 Å². The van der Waals surface area contributed by atoms with Gasteiger partial charge in [0.25, 0.3) is 0 Å². The number of rotatable bonds is 6. The Morgan fingerprint density at radius 1 is 1.24 bits per heavy atom. The Balaban J connectivity index is 1.61. The Bertz CT molecular complexity index is 626. The van der Waals surface area contributed by atoms with Gasteiger partial charge in [0.2, 0.25) is 0 Å². The molecule has 3 nitrogen and oxygen atoms in total. The van der Waals surface area contributed by atoms with Crippen LogP contribution in [0.5, 0.6) is 5.75 Å². The quantitative estimate of drug-likeness (QED) is 0.858. The predicted molar refractivity (Wildman–Crippen MR) is 87.3 cm³/mol. The number of ether oxygens (including phenoxy) is 1. The van der Waals surface area contributed by atoms with Crippen LogP contribution in [0.4, 0.5) is 0 Å². The van der Waals surface area contributed by atoms with Crippen molar-refractivity contribution in [2.45, 2.75) is 39.0 Å². The van der Waals surface area contributed by atoms with Gasteiger partial charge in [0.05, 0.1) is 11.4 Å². The van der Waals surface area contributed by atoms with Gasteiger partial charge in [-0.25, -0.2) is 0 Å².